The van der Waals surface area contributed by atoms with Crippen molar-refractivity contribution in [1.29, 1.82) is 0 Å². The molecule has 35 heavy (non-hydrogen) atoms. The Labute approximate surface area is 214 Å². The largest absolute Gasteiger partial charge is 0.490 e. The number of ether oxygens (including phenoxy) is 2. The van der Waals surface area contributed by atoms with Crippen molar-refractivity contribution in [2.24, 2.45) is 0 Å². The quantitative estimate of drug-likeness (QED) is 0.308. The molecule has 0 bridgehead atoms. The molecule has 0 fully saturated rings. The summed E-state index contributed by atoms with van der Waals surface area (Å²) >= 11 is 12.7. The minimum Gasteiger partial charge on any atom is -0.490 e. The molecular formula is C24H29Cl2N3O6. The smallest absolute Gasteiger partial charge is 0.311 e. The first kappa shape index (κ1) is 28.2. The monoisotopic (exact) mass is 525 g/mol. The van der Waals surface area contributed by atoms with E-state index < -0.39 is 23.5 Å². The zero-order valence-electron chi connectivity index (χ0n) is 20.0. The molecule has 190 valence electrons. The van der Waals surface area contributed by atoms with E-state index in [9.17, 15) is 19.7 Å². The predicted molar refractivity (Wildman–Crippen MR) is 134 cm³/mol. The van der Waals surface area contributed by atoms with Gasteiger partial charge in [-0.25, -0.2) is 0 Å². The molecule has 9 nitrogen and oxygen atoms in total. The Hall–Kier alpha value is -3.04. The van der Waals surface area contributed by atoms with Crippen LogP contribution in [0.25, 0.3) is 0 Å². The van der Waals surface area contributed by atoms with Gasteiger partial charge >= 0.3 is 5.69 Å². The van der Waals surface area contributed by atoms with Gasteiger partial charge < -0.3 is 19.7 Å². The van der Waals surface area contributed by atoms with Gasteiger partial charge in [0.15, 0.2) is 6.61 Å². The summed E-state index contributed by atoms with van der Waals surface area (Å²) in [5, 5.41) is 14.8. The second-order valence-electron chi connectivity index (χ2n) is 7.84. The molecule has 0 radical (unpaired) electrons. The zero-order valence-corrected chi connectivity index (χ0v) is 21.6. The van der Waals surface area contributed by atoms with Gasteiger partial charge in [-0.15, -0.1) is 0 Å². The van der Waals surface area contributed by atoms with Crippen LogP contribution in [0.4, 0.5) is 5.69 Å². The molecule has 0 aliphatic heterocycles. The Kier molecular flexibility index (Phi) is 10.6. The fourth-order valence-electron chi connectivity index (χ4n) is 3.34. The average Bonchev–Trinajstić information content (AvgIpc) is 2.83. The lowest BCUT2D eigenvalue weighted by Crippen LogP contribution is -2.51. The molecule has 2 amide bonds. The Bertz CT molecular complexity index is 1050. The van der Waals surface area contributed by atoms with Gasteiger partial charge in [-0.3, -0.25) is 19.7 Å². The second-order valence-corrected chi connectivity index (χ2v) is 8.66. The molecule has 0 unspecified atom stereocenters. The lowest BCUT2D eigenvalue weighted by atomic mass is 10.1. The number of amides is 2. The number of methoxy groups -OCH3 is 1. The van der Waals surface area contributed by atoms with Crippen LogP contribution in [0, 0.1) is 10.1 Å². The normalized spacial score (nSPS) is 12.4. The molecule has 0 aliphatic carbocycles. The molecular weight excluding hydrogens is 497 g/mol. The third kappa shape index (κ3) is 7.47. The first-order valence-electron chi connectivity index (χ1n) is 11.1. The van der Waals surface area contributed by atoms with Crippen LogP contribution in [0.3, 0.4) is 0 Å². The van der Waals surface area contributed by atoms with Crippen LogP contribution in [0.5, 0.6) is 11.5 Å². The highest BCUT2D eigenvalue weighted by Crippen LogP contribution is 2.31. The summed E-state index contributed by atoms with van der Waals surface area (Å²) in [5.41, 5.74) is 0.282. The van der Waals surface area contributed by atoms with Crippen molar-refractivity contribution < 1.29 is 24.0 Å². The number of benzene rings is 2. The maximum absolute atomic E-state index is 13.3. The highest BCUT2D eigenvalue weighted by molar-refractivity contribution is 6.36. The van der Waals surface area contributed by atoms with E-state index >= 15 is 0 Å². The summed E-state index contributed by atoms with van der Waals surface area (Å²) in [7, 11) is 1.30. The van der Waals surface area contributed by atoms with Gasteiger partial charge in [0.25, 0.3) is 5.91 Å². The number of nitrogens with one attached hydrogen (secondary N) is 1. The molecule has 2 aromatic carbocycles. The lowest BCUT2D eigenvalue weighted by molar-refractivity contribution is -0.385. The van der Waals surface area contributed by atoms with Crippen LogP contribution in [-0.4, -0.2) is 47.4 Å². The molecule has 0 saturated carbocycles. The summed E-state index contributed by atoms with van der Waals surface area (Å²) in [6, 6.07) is 8.08. The van der Waals surface area contributed by atoms with Gasteiger partial charge in [0.1, 0.15) is 11.8 Å². The molecule has 2 rings (SSSR count). The summed E-state index contributed by atoms with van der Waals surface area (Å²) < 4.78 is 10.7. The number of carbonyl (C=O) groups excluding carboxylic acids is 2. The Morgan fingerprint density at radius 3 is 2.34 bits per heavy atom. The molecule has 1 N–H and O–H groups in total. The lowest BCUT2D eigenvalue weighted by Gasteiger charge is -2.31. The van der Waals surface area contributed by atoms with Crippen LogP contribution in [0.1, 0.15) is 39.2 Å². The Morgan fingerprint density at radius 2 is 1.80 bits per heavy atom. The number of hydrogen-bond donors (Lipinski definition) is 1. The molecule has 0 spiro atoms. The van der Waals surface area contributed by atoms with Crippen molar-refractivity contribution in [3.63, 3.8) is 0 Å². The SMILES string of the molecule is CC[C@H](C)NC(=O)[C@H](CC)N(Cc1c(Cl)cccc1Cl)C(=O)COc1ccc([N+](=O)[O-])c(OC)c1. The van der Waals surface area contributed by atoms with E-state index in [4.69, 9.17) is 32.7 Å². The van der Waals surface area contributed by atoms with Crippen molar-refractivity contribution in [3.8, 4) is 11.5 Å². The van der Waals surface area contributed by atoms with Crippen molar-refractivity contribution in [2.75, 3.05) is 13.7 Å². The van der Waals surface area contributed by atoms with Crippen molar-refractivity contribution in [3.05, 3.63) is 62.1 Å². The number of rotatable bonds is 12. The van der Waals surface area contributed by atoms with Crippen molar-refractivity contribution in [2.45, 2.75) is 52.2 Å². The fourth-order valence-corrected chi connectivity index (χ4v) is 3.86. The number of nitro groups is 1. The van der Waals surface area contributed by atoms with Crippen LogP contribution in [0.2, 0.25) is 10.0 Å². The van der Waals surface area contributed by atoms with Gasteiger partial charge in [0, 0.05) is 40.3 Å². The van der Waals surface area contributed by atoms with Gasteiger partial charge in [0.2, 0.25) is 11.7 Å². The predicted octanol–water partition coefficient (Wildman–Crippen LogP) is 5.01. The average molecular weight is 526 g/mol. The van der Waals surface area contributed by atoms with E-state index in [0.29, 0.717) is 22.0 Å². The highest BCUT2D eigenvalue weighted by Gasteiger charge is 2.30. The molecule has 11 heteroatoms. The minimum atomic E-state index is -0.793. The third-order valence-electron chi connectivity index (χ3n) is 5.49. The molecule has 0 aromatic heterocycles. The summed E-state index contributed by atoms with van der Waals surface area (Å²) in [4.78, 5) is 38.3. The van der Waals surface area contributed by atoms with Crippen LogP contribution in [0.15, 0.2) is 36.4 Å². The molecule has 2 aromatic rings. The molecule has 2 atom stereocenters. The van der Waals surface area contributed by atoms with E-state index in [2.05, 4.69) is 5.32 Å². The van der Waals surface area contributed by atoms with Gasteiger partial charge in [-0.2, -0.15) is 0 Å². The van der Waals surface area contributed by atoms with Gasteiger partial charge in [-0.1, -0.05) is 43.1 Å². The summed E-state index contributed by atoms with van der Waals surface area (Å²) in [6.07, 6.45) is 1.08. The number of carbonyl (C=O) groups is 2. The molecule has 0 aliphatic rings. The van der Waals surface area contributed by atoms with Gasteiger partial charge in [-0.05, 0) is 38.0 Å². The first-order valence-corrected chi connectivity index (χ1v) is 11.9. The fraction of sp³-hybridized carbons (Fsp3) is 0.417. The Morgan fingerprint density at radius 1 is 1.14 bits per heavy atom. The van der Waals surface area contributed by atoms with Crippen molar-refractivity contribution in [1.82, 2.24) is 10.2 Å². The standard InChI is InChI=1S/C24H29Cl2N3O6/c1-5-15(3)27-24(31)20(6-2)28(13-17-18(25)8-7-9-19(17)26)23(30)14-35-16-10-11-21(29(32)33)22(12-16)34-4/h7-12,15,20H,5-6,13-14H2,1-4H3,(H,27,31)/t15-,20-/m0/s1. The number of nitrogens with zero attached hydrogens (tertiary/aromatic N) is 2. The summed E-state index contributed by atoms with van der Waals surface area (Å²) in [5.74, 6) is -0.576. The van der Waals surface area contributed by atoms with Crippen molar-refractivity contribution >= 4 is 40.7 Å². The zero-order chi connectivity index (χ0) is 26.1. The van der Waals surface area contributed by atoms with E-state index in [0.717, 1.165) is 6.42 Å². The molecule has 0 heterocycles. The second kappa shape index (κ2) is 13.2. The molecule has 0 saturated heterocycles. The maximum atomic E-state index is 13.3. The van der Waals surface area contributed by atoms with E-state index in [1.807, 2.05) is 13.8 Å². The highest BCUT2D eigenvalue weighted by atomic mass is 35.5. The van der Waals surface area contributed by atoms with Crippen LogP contribution >= 0.6 is 23.2 Å². The first-order chi connectivity index (χ1) is 16.6. The van der Waals surface area contributed by atoms with E-state index in [1.54, 1.807) is 25.1 Å². The minimum absolute atomic E-state index is 0.000907. The Balaban J connectivity index is 2.31. The van der Waals surface area contributed by atoms with E-state index in [1.165, 1.54) is 30.2 Å². The third-order valence-corrected chi connectivity index (χ3v) is 6.20. The number of nitro benzene ring substituents is 1. The van der Waals surface area contributed by atoms with E-state index in [-0.39, 0.29) is 35.7 Å². The topological polar surface area (TPSA) is 111 Å². The van der Waals surface area contributed by atoms with Crippen LogP contribution < -0.4 is 14.8 Å². The number of hydrogen-bond acceptors (Lipinski definition) is 6. The number of halogens is 2. The van der Waals surface area contributed by atoms with Gasteiger partial charge in [0.05, 0.1) is 12.0 Å². The van der Waals surface area contributed by atoms with Crippen LogP contribution in [-0.2, 0) is 16.1 Å². The maximum Gasteiger partial charge on any atom is 0.311 e. The summed E-state index contributed by atoms with van der Waals surface area (Å²) in [6.45, 7) is 5.21.